The highest BCUT2D eigenvalue weighted by Crippen LogP contribution is 2.29. The van der Waals surface area contributed by atoms with Gasteiger partial charge in [-0.3, -0.25) is 4.79 Å². The Morgan fingerprint density at radius 2 is 1.95 bits per heavy atom. The second-order valence-corrected chi connectivity index (χ2v) is 6.36. The third kappa shape index (κ3) is 4.31. The van der Waals surface area contributed by atoms with Crippen molar-refractivity contribution in [2.24, 2.45) is 11.8 Å². The van der Waals surface area contributed by atoms with Gasteiger partial charge in [-0.05, 0) is 36.7 Å². The number of benzene rings is 1. The van der Waals surface area contributed by atoms with Crippen LogP contribution in [-0.4, -0.2) is 25.7 Å². The van der Waals surface area contributed by atoms with Crippen molar-refractivity contribution in [1.82, 2.24) is 5.32 Å². The lowest BCUT2D eigenvalue weighted by Gasteiger charge is -2.33. The van der Waals surface area contributed by atoms with E-state index in [1.54, 1.807) is 0 Å². The first-order valence-corrected chi connectivity index (χ1v) is 7.98. The van der Waals surface area contributed by atoms with E-state index >= 15 is 0 Å². The summed E-state index contributed by atoms with van der Waals surface area (Å²) in [6, 6.07) is 10.4. The van der Waals surface area contributed by atoms with Crippen molar-refractivity contribution in [3.05, 3.63) is 35.9 Å². The second-order valence-electron chi connectivity index (χ2n) is 6.36. The summed E-state index contributed by atoms with van der Waals surface area (Å²) in [4.78, 5) is 12.0. The molecule has 0 bridgehead atoms. The number of carbonyl (C=O) groups is 1. The summed E-state index contributed by atoms with van der Waals surface area (Å²) < 4.78 is 4.97. The fraction of sp³-hybridized carbons (Fsp3) is 0.611. The molecular formula is C18H27NO2. The molecule has 0 amide bonds. The zero-order valence-corrected chi connectivity index (χ0v) is 13.3. The van der Waals surface area contributed by atoms with Crippen LogP contribution in [0.2, 0.25) is 0 Å². The van der Waals surface area contributed by atoms with E-state index in [4.69, 9.17) is 4.74 Å². The van der Waals surface area contributed by atoms with Gasteiger partial charge in [0.05, 0.1) is 13.0 Å². The Bertz CT molecular complexity index is 446. The topological polar surface area (TPSA) is 38.3 Å². The lowest BCUT2D eigenvalue weighted by atomic mass is 9.79. The lowest BCUT2D eigenvalue weighted by Crippen LogP contribution is -2.39. The maximum absolute atomic E-state index is 12.0. The van der Waals surface area contributed by atoms with Crippen LogP contribution in [0.25, 0.3) is 0 Å². The van der Waals surface area contributed by atoms with Gasteiger partial charge in [-0.25, -0.2) is 0 Å². The molecule has 4 atom stereocenters. The molecule has 3 nitrogen and oxygen atoms in total. The van der Waals surface area contributed by atoms with Crippen LogP contribution in [0.3, 0.4) is 0 Å². The molecule has 1 fully saturated rings. The fourth-order valence-electron chi connectivity index (χ4n) is 3.18. The zero-order valence-electron chi connectivity index (χ0n) is 13.3. The summed E-state index contributed by atoms with van der Waals surface area (Å²) >= 11 is 0. The molecule has 2 rings (SSSR count). The van der Waals surface area contributed by atoms with Gasteiger partial charge in [0, 0.05) is 12.6 Å². The molecule has 1 saturated carbocycles. The van der Waals surface area contributed by atoms with E-state index in [-0.39, 0.29) is 11.9 Å². The smallest absolute Gasteiger partial charge is 0.314 e. The van der Waals surface area contributed by atoms with E-state index in [9.17, 15) is 4.79 Å². The lowest BCUT2D eigenvalue weighted by molar-refractivity contribution is -0.142. The van der Waals surface area contributed by atoms with Gasteiger partial charge in [-0.1, -0.05) is 44.2 Å². The van der Waals surface area contributed by atoms with Crippen LogP contribution in [0.1, 0.15) is 44.6 Å². The number of esters is 1. The van der Waals surface area contributed by atoms with E-state index < -0.39 is 0 Å². The highest BCUT2D eigenvalue weighted by atomic mass is 16.5. The van der Waals surface area contributed by atoms with Crippen molar-refractivity contribution in [2.45, 2.75) is 45.1 Å². The molecule has 1 aliphatic rings. The van der Waals surface area contributed by atoms with Gasteiger partial charge in [-0.15, -0.1) is 0 Å². The minimum atomic E-state index is -0.217. The summed E-state index contributed by atoms with van der Waals surface area (Å²) in [5, 5.41) is 3.59. The van der Waals surface area contributed by atoms with Crippen LogP contribution >= 0.6 is 0 Å². The number of rotatable bonds is 5. The van der Waals surface area contributed by atoms with Crippen molar-refractivity contribution in [3.63, 3.8) is 0 Å². The van der Waals surface area contributed by atoms with Gasteiger partial charge >= 0.3 is 5.97 Å². The molecule has 1 aromatic carbocycles. The second kappa shape index (κ2) is 7.60. The molecular weight excluding hydrogens is 262 g/mol. The van der Waals surface area contributed by atoms with E-state index in [2.05, 4.69) is 19.2 Å². The highest BCUT2D eigenvalue weighted by Gasteiger charge is 2.27. The van der Waals surface area contributed by atoms with Gasteiger partial charge in [0.15, 0.2) is 0 Å². The van der Waals surface area contributed by atoms with Crippen LogP contribution in [0.5, 0.6) is 0 Å². The predicted molar refractivity (Wildman–Crippen MR) is 85.2 cm³/mol. The molecule has 0 heterocycles. The molecule has 3 heteroatoms. The molecule has 0 aromatic heterocycles. The van der Waals surface area contributed by atoms with E-state index in [1.807, 2.05) is 30.3 Å². The zero-order chi connectivity index (χ0) is 15.2. The number of methoxy groups -OCH3 is 1. The average Bonchev–Trinajstić information content (AvgIpc) is 2.51. The fourth-order valence-corrected chi connectivity index (χ4v) is 3.18. The summed E-state index contributed by atoms with van der Waals surface area (Å²) in [5.41, 5.74) is 1.02. The van der Waals surface area contributed by atoms with E-state index in [0.717, 1.165) is 17.4 Å². The van der Waals surface area contributed by atoms with Gasteiger partial charge in [0.1, 0.15) is 0 Å². The molecule has 0 radical (unpaired) electrons. The van der Waals surface area contributed by atoms with Gasteiger partial charge < -0.3 is 10.1 Å². The molecule has 1 aliphatic carbocycles. The first-order chi connectivity index (χ1) is 10.1. The van der Waals surface area contributed by atoms with Crippen molar-refractivity contribution in [1.29, 1.82) is 0 Å². The number of nitrogens with one attached hydrogen (secondary N) is 1. The average molecular weight is 289 g/mol. The maximum Gasteiger partial charge on any atom is 0.314 e. The van der Waals surface area contributed by atoms with Crippen molar-refractivity contribution < 1.29 is 9.53 Å². The van der Waals surface area contributed by atoms with E-state index in [1.165, 1.54) is 26.4 Å². The minimum Gasteiger partial charge on any atom is -0.469 e. The van der Waals surface area contributed by atoms with Crippen molar-refractivity contribution in [2.75, 3.05) is 13.7 Å². The normalized spacial score (nSPS) is 27.1. The Hall–Kier alpha value is -1.35. The molecule has 21 heavy (non-hydrogen) atoms. The number of ether oxygens (including phenoxy) is 1. The van der Waals surface area contributed by atoms with Crippen LogP contribution < -0.4 is 5.32 Å². The highest BCUT2D eigenvalue weighted by molar-refractivity contribution is 5.78. The number of carbonyl (C=O) groups excluding carboxylic acids is 1. The largest absolute Gasteiger partial charge is 0.469 e. The van der Waals surface area contributed by atoms with E-state index in [0.29, 0.717) is 12.6 Å². The van der Waals surface area contributed by atoms with Crippen LogP contribution in [0.15, 0.2) is 30.3 Å². The molecule has 1 aromatic rings. The summed E-state index contributed by atoms with van der Waals surface area (Å²) in [5.74, 6) is 1.19. The Labute approximate surface area is 128 Å². The van der Waals surface area contributed by atoms with Crippen LogP contribution in [0.4, 0.5) is 0 Å². The summed E-state index contributed by atoms with van der Waals surface area (Å²) in [6.45, 7) is 5.32. The Morgan fingerprint density at radius 1 is 1.24 bits per heavy atom. The Balaban J connectivity index is 1.95. The van der Waals surface area contributed by atoms with Gasteiger partial charge in [-0.2, -0.15) is 0 Å². The first-order valence-electron chi connectivity index (χ1n) is 7.98. The molecule has 4 unspecified atom stereocenters. The standard InChI is InChI=1S/C18H27NO2/c1-13-9-10-16(11-14(13)2)19-12-17(18(20)21-3)15-7-5-4-6-8-15/h4-8,13-14,16-17,19H,9-12H2,1-3H3. The quantitative estimate of drug-likeness (QED) is 0.845. The Kier molecular flexibility index (Phi) is 5.80. The van der Waals surface area contributed by atoms with Crippen molar-refractivity contribution >= 4 is 5.97 Å². The molecule has 0 saturated heterocycles. The summed E-state index contributed by atoms with van der Waals surface area (Å²) in [7, 11) is 1.46. The monoisotopic (exact) mass is 289 g/mol. The third-order valence-electron chi connectivity index (χ3n) is 4.90. The van der Waals surface area contributed by atoms with Gasteiger partial charge in [0.2, 0.25) is 0 Å². The van der Waals surface area contributed by atoms with Crippen LogP contribution in [-0.2, 0) is 9.53 Å². The SMILES string of the molecule is COC(=O)C(CNC1CCC(C)C(C)C1)c1ccccc1. The molecule has 0 aliphatic heterocycles. The Morgan fingerprint density at radius 3 is 2.57 bits per heavy atom. The first kappa shape index (κ1) is 16.0. The third-order valence-corrected chi connectivity index (χ3v) is 4.90. The predicted octanol–water partition coefficient (Wildman–Crippen LogP) is 3.36. The van der Waals surface area contributed by atoms with Crippen LogP contribution in [0, 0.1) is 11.8 Å². The molecule has 0 spiro atoms. The number of hydrogen-bond acceptors (Lipinski definition) is 3. The van der Waals surface area contributed by atoms with Gasteiger partial charge in [0.25, 0.3) is 0 Å². The number of hydrogen-bond donors (Lipinski definition) is 1. The minimum absolute atomic E-state index is 0.161. The summed E-state index contributed by atoms with van der Waals surface area (Å²) in [6.07, 6.45) is 3.67. The maximum atomic E-state index is 12.0. The molecule has 116 valence electrons. The van der Waals surface area contributed by atoms with Crippen molar-refractivity contribution in [3.8, 4) is 0 Å². The molecule has 1 N–H and O–H groups in total.